The predicted octanol–water partition coefficient (Wildman–Crippen LogP) is 3.62. The smallest absolute Gasteiger partial charge is 0.228 e. The Morgan fingerprint density at radius 1 is 1.32 bits per heavy atom. The number of hydrogen-bond donors (Lipinski definition) is 1. The molecule has 0 bridgehead atoms. The van der Waals surface area contributed by atoms with Crippen LogP contribution in [0.25, 0.3) is 10.6 Å². The lowest BCUT2D eigenvalue weighted by atomic mass is 9.98. The van der Waals surface area contributed by atoms with Crippen LogP contribution in [0.4, 0.5) is 0 Å². The Morgan fingerprint density at radius 2 is 2.12 bits per heavy atom. The van der Waals surface area contributed by atoms with Gasteiger partial charge in [0.2, 0.25) is 5.91 Å². The summed E-state index contributed by atoms with van der Waals surface area (Å²) in [5.41, 5.74) is 7.90. The quantitative estimate of drug-likeness (QED) is 0.859. The molecule has 4 rings (SSSR count). The van der Waals surface area contributed by atoms with Crippen LogP contribution in [-0.2, 0) is 11.2 Å². The van der Waals surface area contributed by atoms with Gasteiger partial charge < -0.3 is 10.6 Å². The summed E-state index contributed by atoms with van der Waals surface area (Å²) in [5, 5.41) is 3.51. The molecule has 25 heavy (non-hydrogen) atoms. The summed E-state index contributed by atoms with van der Waals surface area (Å²) in [6.45, 7) is 1.67. The molecule has 1 saturated carbocycles. The number of benzene rings is 1. The normalized spacial score (nSPS) is 24.9. The third-order valence-electron chi connectivity index (χ3n) is 5.25. The number of aromatic nitrogens is 1. The summed E-state index contributed by atoms with van der Waals surface area (Å²) in [6.07, 6.45) is 2.61. The topological polar surface area (TPSA) is 59.2 Å². The van der Waals surface area contributed by atoms with Crippen LogP contribution in [0, 0.1) is 11.8 Å². The monoisotopic (exact) mass is 397 g/mol. The number of carbonyl (C=O) groups excluding carboxylic acids is 1. The molecule has 2 aliphatic rings. The average molecular weight is 398 g/mol. The Labute approximate surface area is 162 Å². The lowest BCUT2D eigenvalue weighted by molar-refractivity contribution is -0.129. The van der Waals surface area contributed by atoms with Crippen molar-refractivity contribution in [2.45, 2.75) is 25.3 Å². The number of amides is 1. The molecule has 3 unspecified atom stereocenters. The highest BCUT2D eigenvalue weighted by atomic mass is 35.5. The van der Waals surface area contributed by atoms with Crippen molar-refractivity contribution < 1.29 is 4.79 Å². The highest BCUT2D eigenvalue weighted by Gasteiger charge is 2.42. The number of fused-ring (bicyclic) bond motifs is 1. The third-order valence-corrected chi connectivity index (χ3v) is 6.51. The van der Waals surface area contributed by atoms with E-state index in [9.17, 15) is 4.79 Å². The first kappa shape index (κ1) is 18.6. The maximum Gasteiger partial charge on any atom is 0.228 e. The van der Waals surface area contributed by atoms with Gasteiger partial charge in [-0.25, -0.2) is 4.98 Å². The van der Waals surface area contributed by atoms with Gasteiger partial charge in [-0.2, -0.15) is 0 Å². The Morgan fingerprint density at radius 3 is 2.88 bits per heavy atom. The third kappa shape index (κ3) is 3.70. The zero-order chi connectivity index (χ0) is 16.7. The summed E-state index contributed by atoms with van der Waals surface area (Å²) in [4.78, 5) is 19.2. The van der Waals surface area contributed by atoms with Crippen LogP contribution in [0.3, 0.4) is 0 Å². The van der Waals surface area contributed by atoms with Crippen molar-refractivity contribution in [3.05, 3.63) is 40.4 Å². The SMILES string of the molecule is Cl.NC1CCC2CN(C(=O)Cc3csc(-c4ccccc4Cl)n3)CC12. The van der Waals surface area contributed by atoms with Crippen molar-refractivity contribution in [2.24, 2.45) is 17.6 Å². The van der Waals surface area contributed by atoms with Crippen LogP contribution in [0.2, 0.25) is 5.02 Å². The van der Waals surface area contributed by atoms with E-state index in [-0.39, 0.29) is 24.4 Å². The maximum atomic E-state index is 12.6. The van der Waals surface area contributed by atoms with Gasteiger partial charge in [-0.05, 0) is 30.7 Å². The van der Waals surface area contributed by atoms with Gasteiger partial charge in [0.1, 0.15) is 5.01 Å². The number of rotatable bonds is 3. The van der Waals surface area contributed by atoms with Crippen molar-refractivity contribution in [2.75, 3.05) is 13.1 Å². The molecule has 1 aromatic heterocycles. The number of thiazole rings is 1. The van der Waals surface area contributed by atoms with Gasteiger partial charge in [0.25, 0.3) is 0 Å². The molecule has 134 valence electrons. The molecule has 1 saturated heterocycles. The number of nitrogens with zero attached hydrogens (tertiary/aromatic N) is 2. The molecule has 3 atom stereocenters. The van der Waals surface area contributed by atoms with Gasteiger partial charge in [0.05, 0.1) is 17.1 Å². The van der Waals surface area contributed by atoms with E-state index in [4.69, 9.17) is 17.3 Å². The first-order valence-corrected chi connectivity index (χ1v) is 9.60. The molecule has 0 spiro atoms. The van der Waals surface area contributed by atoms with Crippen LogP contribution in [0.15, 0.2) is 29.6 Å². The lowest BCUT2D eigenvalue weighted by Gasteiger charge is -2.18. The number of nitrogens with two attached hydrogens (primary N) is 1. The summed E-state index contributed by atoms with van der Waals surface area (Å²) in [5.74, 6) is 1.24. The molecular weight excluding hydrogens is 377 g/mol. The van der Waals surface area contributed by atoms with E-state index in [1.165, 1.54) is 11.3 Å². The standard InChI is InChI=1S/C18H20ClN3OS.ClH/c19-15-4-2-1-3-13(15)18-21-12(10-24-18)7-17(23)22-8-11-5-6-16(20)14(11)9-22;/h1-4,10-11,14,16H,5-9,20H2;1H. The van der Waals surface area contributed by atoms with Crippen LogP contribution < -0.4 is 5.73 Å². The first-order valence-electron chi connectivity index (χ1n) is 8.34. The molecular formula is C18H21Cl2N3OS. The van der Waals surface area contributed by atoms with Gasteiger partial charge in [0.15, 0.2) is 0 Å². The predicted molar refractivity (Wildman–Crippen MR) is 104 cm³/mol. The van der Waals surface area contributed by atoms with Crippen LogP contribution in [-0.4, -0.2) is 34.9 Å². The zero-order valence-corrected chi connectivity index (χ0v) is 16.1. The second-order valence-corrected chi connectivity index (χ2v) is 8.03. The molecule has 4 nitrogen and oxygen atoms in total. The molecule has 2 heterocycles. The molecule has 2 N–H and O–H groups in total. The van der Waals surface area contributed by atoms with Crippen molar-refractivity contribution >= 4 is 41.3 Å². The maximum absolute atomic E-state index is 12.6. The molecule has 2 fully saturated rings. The number of hydrogen-bond acceptors (Lipinski definition) is 4. The fourth-order valence-corrected chi connectivity index (χ4v) is 5.06. The highest BCUT2D eigenvalue weighted by Crippen LogP contribution is 2.37. The lowest BCUT2D eigenvalue weighted by Crippen LogP contribution is -2.34. The van der Waals surface area contributed by atoms with E-state index in [1.807, 2.05) is 34.5 Å². The molecule has 1 aliphatic heterocycles. The van der Waals surface area contributed by atoms with Crippen molar-refractivity contribution in [3.8, 4) is 10.6 Å². The van der Waals surface area contributed by atoms with Gasteiger partial charge in [-0.3, -0.25) is 4.79 Å². The minimum Gasteiger partial charge on any atom is -0.342 e. The molecule has 1 amide bonds. The van der Waals surface area contributed by atoms with Gasteiger partial charge in [-0.1, -0.05) is 29.8 Å². The fraction of sp³-hybridized carbons (Fsp3) is 0.444. The van der Waals surface area contributed by atoms with Gasteiger partial charge in [0, 0.05) is 30.1 Å². The van der Waals surface area contributed by atoms with E-state index in [0.29, 0.717) is 23.3 Å². The van der Waals surface area contributed by atoms with Crippen molar-refractivity contribution in [3.63, 3.8) is 0 Å². The summed E-state index contributed by atoms with van der Waals surface area (Å²) in [6, 6.07) is 7.92. The van der Waals surface area contributed by atoms with E-state index in [0.717, 1.165) is 42.2 Å². The van der Waals surface area contributed by atoms with E-state index in [2.05, 4.69) is 4.98 Å². The van der Waals surface area contributed by atoms with E-state index >= 15 is 0 Å². The molecule has 2 aromatic rings. The van der Waals surface area contributed by atoms with Gasteiger partial charge >= 0.3 is 0 Å². The Hall–Kier alpha value is -1.14. The molecule has 0 radical (unpaired) electrons. The van der Waals surface area contributed by atoms with Crippen LogP contribution in [0.5, 0.6) is 0 Å². The summed E-state index contributed by atoms with van der Waals surface area (Å²) >= 11 is 7.76. The molecule has 1 aliphatic carbocycles. The first-order chi connectivity index (χ1) is 11.6. The number of carbonyl (C=O) groups is 1. The van der Waals surface area contributed by atoms with E-state index in [1.54, 1.807) is 0 Å². The second-order valence-electron chi connectivity index (χ2n) is 6.76. The molecule has 1 aromatic carbocycles. The van der Waals surface area contributed by atoms with E-state index < -0.39 is 0 Å². The summed E-state index contributed by atoms with van der Waals surface area (Å²) in [7, 11) is 0. The van der Waals surface area contributed by atoms with Crippen molar-refractivity contribution in [1.82, 2.24) is 9.88 Å². The Bertz CT molecular complexity index is 766. The minimum atomic E-state index is 0. The highest BCUT2D eigenvalue weighted by molar-refractivity contribution is 7.13. The van der Waals surface area contributed by atoms with Crippen molar-refractivity contribution in [1.29, 1.82) is 0 Å². The van der Waals surface area contributed by atoms with Gasteiger partial charge in [-0.15, -0.1) is 23.7 Å². The minimum absolute atomic E-state index is 0. The summed E-state index contributed by atoms with van der Waals surface area (Å²) < 4.78 is 0. The Kier molecular flexibility index (Phi) is 5.68. The largest absolute Gasteiger partial charge is 0.342 e. The number of likely N-dealkylation sites (tertiary alicyclic amines) is 1. The fourth-order valence-electron chi connectivity index (χ4n) is 3.92. The second kappa shape index (κ2) is 7.62. The Balaban J connectivity index is 0.00000182. The van der Waals surface area contributed by atoms with Crippen LogP contribution in [0.1, 0.15) is 18.5 Å². The average Bonchev–Trinajstić information content (AvgIpc) is 3.26. The zero-order valence-electron chi connectivity index (χ0n) is 13.7. The number of halogens is 2. The molecule has 7 heteroatoms. The van der Waals surface area contributed by atoms with Crippen LogP contribution >= 0.6 is 35.3 Å².